The third-order valence-electron chi connectivity index (χ3n) is 3.25. The summed E-state index contributed by atoms with van der Waals surface area (Å²) < 4.78 is 5.48. The molecule has 1 saturated carbocycles. The van der Waals surface area contributed by atoms with Gasteiger partial charge in [0.05, 0.1) is 13.2 Å². The molecular formula is C11H19NO2. The Hall–Kier alpha value is -0.410. The molecule has 0 spiro atoms. The molecule has 3 heteroatoms. The molecule has 3 atom stereocenters. The van der Waals surface area contributed by atoms with Crippen molar-refractivity contribution in [3.8, 4) is 0 Å². The minimum absolute atomic E-state index is 0.214. The lowest BCUT2D eigenvalue weighted by Crippen LogP contribution is -2.53. The van der Waals surface area contributed by atoms with Crippen molar-refractivity contribution in [3.63, 3.8) is 0 Å². The van der Waals surface area contributed by atoms with Crippen LogP contribution in [0, 0.1) is 5.92 Å². The van der Waals surface area contributed by atoms with Gasteiger partial charge in [0.1, 0.15) is 5.78 Å². The first kappa shape index (κ1) is 10.1. The number of ketones is 1. The Kier molecular flexibility index (Phi) is 3.19. The molecule has 80 valence electrons. The SMILES string of the molecule is CC1COCC(C2CCCCC2=O)N1. The van der Waals surface area contributed by atoms with E-state index in [1.54, 1.807) is 0 Å². The van der Waals surface area contributed by atoms with Gasteiger partial charge in [0.15, 0.2) is 0 Å². The van der Waals surface area contributed by atoms with E-state index in [1.807, 2.05) is 0 Å². The van der Waals surface area contributed by atoms with Crippen LogP contribution in [0.15, 0.2) is 0 Å². The van der Waals surface area contributed by atoms with Crippen LogP contribution in [0.3, 0.4) is 0 Å². The molecule has 0 radical (unpaired) electrons. The smallest absolute Gasteiger partial charge is 0.137 e. The molecule has 0 aromatic heterocycles. The first-order chi connectivity index (χ1) is 6.77. The molecule has 0 bridgehead atoms. The van der Waals surface area contributed by atoms with Gasteiger partial charge >= 0.3 is 0 Å². The summed E-state index contributed by atoms with van der Waals surface area (Å²) in [4.78, 5) is 11.7. The Morgan fingerprint density at radius 1 is 1.36 bits per heavy atom. The standard InChI is InChI=1S/C11H19NO2/c1-8-6-14-7-10(12-8)9-4-2-3-5-11(9)13/h8-10,12H,2-7H2,1H3. The van der Waals surface area contributed by atoms with Crippen LogP contribution in [0.5, 0.6) is 0 Å². The summed E-state index contributed by atoms with van der Waals surface area (Å²) >= 11 is 0. The predicted octanol–water partition coefficient (Wildman–Crippen LogP) is 1.12. The van der Waals surface area contributed by atoms with Crippen molar-refractivity contribution in [2.45, 2.75) is 44.7 Å². The Labute approximate surface area is 85.2 Å². The highest BCUT2D eigenvalue weighted by atomic mass is 16.5. The molecule has 2 aliphatic rings. The number of rotatable bonds is 1. The van der Waals surface area contributed by atoms with Crippen molar-refractivity contribution in [1.82, 2.24) is 5.32 Å². The van der Waals surface area contributed by atoms with Crippen LogP contribution in [0.25, 0.3) is 0 Å². The number of hydrogen-bond acceptors (Lipinski definition) is 3. The second kappa shape index (κ2) is 4.41. The van der Waals surface area contributed by atoms with E-state index in [0.29, 0.717) is 18.4 Å². The van der Waals surface area contributed by atoms with Crippen LogP contribution >= 0.6 is 0 Å². The predicted molar refractivity (Wildman–Crippen MR) is 54.2 cm³/mol. The molecular weight excluding hydrogens is 178 g/mol. The van der Waals surface area contributed by atoms with Crippen LogP contribution in [-0.2, 0) is 9.53 Å². The quantitative estimate of drug-likeness (QED) is 0.684. The summed E-state index contributed by atoms with van der Waals surface area (Å²) in [7, 11) is 0. The number of hydrogen-bond donors (Lipinski definition) is 1. The number of carbonyl (C=O) groups is 1. The van der Waals surface area contributed by atoms with Gasteiger partial charge in [-0.3, -0.25) is 4.79 Å². The van der Waals surface area contributed by atoms with Gasteiger partial charge in [0, 0.05) is 24.4 Å². The van der Waals surface area contributed by atoms with Crippen molar-refractivity contribution in [3.05, 3.63) is 0 Å². The first-order valence-corrected chi connectivity index (χ1v) is 5.64. The number of ether oxygens (including phenoxy) is 1. The zero-order valence-corrected chi connectivity index (χ0v) is 8.79. The van der Waals surface area contributed by atoms with E-state index in [0.717, 1.165) is 25.9 Å². The molecule has 0 amide bonds. The highest BCUT2D eigenvalue weighted by Crippen LogP contribution is 2.25. The summed E-state index contributed by atoms with van der Waals surface area (Å²) in [6, 6.07) is 0.662. The van der Waals surface area contributed by atoms with Gasteiger partial charge in [0.25, 0.3) is 0 Å². The van der Waals surface area contributed by atoms with E-state index in [1.165, 1.54) is 6.42 Å². The maximum Gasteiger partial charge on any atom is 0.137 e. The van der Waals surface area contributed by atoms with E-state index in [-0.39, 0.29) is 12.0 Å². The average molecular weight is 197 g/mol. The lowest BCUT2D eigenvalue weighted by atomic mass is 9.82. The second-order valence-electron chi connectivity index (χ2n) is 4.53. The first-order valence-electron chi connectivity index (χ1n) is 5.64. The molecule has 2 fully saturated rings. The Morgan fingerprint density at radius 3 is 2.93 bits per heavy atom. The van der Waals surface area contributed by atoms with Gasteiger partial charge in [-0.2, -0.15) is 0 Å². The van der Waals surface area contributed by atoms with Crippen molar-refractivity contribution in [2.75, 3.05) is 13.2 Å². The van der Waals surface area contributed by atoms with E-state index < -0.39 is 0 Å². The number of morpholine rings is 1. The normalized spacial score (nSPS) is 39.8. The largest absolute Gasteiger partial charge is 0.378 e. The molecule has 1 aliphatic carbocycles. The summed E-state index contributed by atoms with van der Waals surface area (Å²) in [6.07, 6.45) is 4.10. The van der Waals surface area contributed by atoms with Crippen LogP contribution in [0.2, 0.25) is 0 Å². The Balaban J connectivity index is 1.94. The second-order valence-corrected chi connectivity index (χ2v) is 4.53. The fourth-order valence-corrected chi connectivity index (χ4v) is 2.50. The van der Waals surface area contributed by atoms with E-state index in [2.05, 4.69) is 12.2 Å². The summed E-state index contributed by atoms with van der Waals surface area (Å²) in [5.41, 5.74) is 0. The highest BCUT2D eigenvalue weighted by Gasteiger charge is 2.32. The van der Waals surface area contributed by atoms with Crippen molar-refractivity contribution >= 4 is 5.78 Å². The Bertz CT molecular complexity index is 217. The van der Waals surface area contributed by atoms with E-state index in [4.69, 9.17) is 4.74 Å². The van der Waals surface area contributed by atoms with Gasteiger partial charge in [0.2, 0.25) is 0 Å². The fraction of sp³-hybridized carbons (Fsp3) is 0.909. The molecule has 14 heavy (non-hydrogen) atoms. The van der Waals surface area contributed by atoms with Crippen LogP contribution < -0.4 is 5.32 Å². The lowest BCUT2D eigenvalue weighted by molar-refractivity contribution is -0.127. The van der Waals surface area contributed by atoms with Gasteiger partial charge < -0.3 is 10.1 Å². The summed E-state index contributed by atoms with van der Waals surface area (Å²) in [6.45, 7) is 3.59. The zero-order chi connectivity index (χ0) is 9.97. The summed E-state index contributed by atoms with van der Waals surface area (Å²) in [5, 5.41) is 3.47. The molecule has 0 aromatic rings. The molecule has 3 nitrogen and oxygen atoms in total. The Morgan fingerprint density at radius 2 is 2.21 bits per heavy atom. The zero-order valence-electron chi connectivity index (χ0n) is 8.79. The molecule has 1 heterocycles. The van der Waals surface area contributed by atoms with Crippen molar-refractivity contribution in [2.24, 2.45) is 5.92 Å². The number of carbonyl (C=O) groups excluding carboxylic acids is 1. The maximum atomic E-state index is 11.7. The van der Waals surface area contributed by atoms with Crippen molar-refractivity contribution in [1.29, 1.82) is 0 Å². The van der Waals surface area contributed by atoms with Crippen molar-refractivity contribution < 1.29 is 9.53 Å². The van der Waals surface area contributed by atoms with Crippen LogP contribution in [-0.4, -0.2) is 31.1 Å². The lowest BCUT2D eigenvalue weighted by Gasteiger charge is -2.35. The number of Topliss-reactive ketones (excluding diaryl/α,β-unsaturated/α-hetero) is 1. The van der Waals surface area contributed by atoms with E-state index >= 15 is 0 Å². The van der Waals surface area contributed by atoms with Gasteiger partial charge in [-0.05, 0) is 19.8 Å². The fourth-order valence-electron chi connectivity index (χ4n) is 2.50. The third kappa shape index (κ3) is 2.15. The monoisotopic (exact) mass is 197 g/mol. The molecule has 3 unspecified atom stereocenters. The minimum Gasteiger partial charge on any atom is -0.378 e. The molecule has 2 rings (SSSR count). The van der Waals surface area contributed by atoms with Crippen LogP contribution in [0.4, 0.5) is 0 Å². The maximum absolute atomic E-state index is 11.7. The number of nitrogens with one attached hydrogen (secondary N) is 1. The molecule has 1 N–H and O–H groups in total. The summed E-state index contributed by atoms with van der Waals surface area (Å²) in [5.74, 6) is 0.651. The van der Waals surface area contributed by atoms with Crippen LogP contribution in [0.1, 0.15) is 32.6 Å². The van der Waals surface area contributed by atoms with Gasteiger partial charge in [-0.25, -0.2) is 0 Å². The van der Waals surface area contributed by atoms with E-state index in [9.17, 15) is 4.79 Å². The average Bonchev–Trinajstić information content (AvgIpc) is 2.18. The molecule has 1 saturated heterocycles. The minimum atomic E-state index is 0.214. The van der Waals surface area contributed by atoms with Gasteiger partial charge in [-0.15, -0.1) is 0 Å². The topological polar surface area (TPSA) is 38.3 Å². The molecule has 1 aliphatic heterocycles. The van der Waals surface area contributed by atoms with Gasteiger partial charge in [-0.1, -0.05) is 6.42 Å². The highest BCUT2D eigenvalue weighted by molar-refractivity contribution is 5.82. The third-order valence-corrected chi connectivity index (χ3v) is 3.25. The molecule has 0 aromatic carbocycles.